The summed E-state index contributed by atoms with van der Waals surface area (Å²) >= 11 is 5.77. The molecule has 0 aliphatic carbocycles. The molecule has 1 aromatic heterocycles. The summed E-state index contributed by atoms with van der Waals surface area (Å²) < 4.78 is 10.4. The van der Waals surface area contributed by atoms with Crippen molar-refractivity contribution >= 4 is 17.6 Å². The lowest BCUT2D eigenvalue weighted by atomic mass is 10.2. The number of carbonyl (C=O) groups excluding carboxylic acids is 1. The average Bonchev–Trinajstić information content (AvgIpc) is 2.26. The van der Waals surface area contributed by atoms with Crippen LogP contribution < -0.4 is 0 Å². The molecule has 0 radical (unpaired) electrons. The highest BCUT2D eigenvalue weighted by molar-refractivity contribution is 6.29. The number of aryl methyl sites for hydroxylation is 1. The third kappa shape index (κ3) is 5.47. The van der Waals surface area contributed by atoms with Crippen LogP contribution in [-0.4, -0.2) is 30.8 Å². The molecule has 0 saturated carbocycles. The molecule has 0 fully saturated rings. The van der Waals surface area contributed by atoms with Crippen molar-refractivity contribution in [1.29, 1.82) is 0 Å². The minimum Gasteiger partial charge on any atom is -0.460 e. The Morgan fingerprint density at radius 3 is 2.72 bits per heavy atom. The molecule has 100 valence electrons. The van der Waals surface area contributed by atoms with Crippen molar-refractivity contribution in [2.24, 2.45) is 5.92 Å². The summed E-state index contributed by atoms with van der Waals surface area (Å²) in [6, 6.07) is 3.13. The number of rotatable bonds is 6. The van der Waals surface area contributed by atoms with E-state index < -0.39 is 5.97 Å². The van der Waals surface area contributed by atoms with E-state index in [-0.39, 0.29) is 11.8 Å². The van der Waals surface area contributed by atoms with Crippen LogP contribution in [0.3, 0.4) is 0 Å². The Bertz CT molecular complexity index is 387. The molecule has 0 atom stereocenters. The molecule has 0 unspecified atom stereocenters. The summed E-state index contributed by atoms with van der Waals surface area (Å²) in [5, 5.41) is 0.290. The number of halogens is 1. The molecule has 0 aromatic carbocycles. The Kier molecular flexibility index (Phi) is 6.09. The lowest BCUT2D eigenvalue weighted by Gasteiger charge is -2.08. The van der Waals surface area contributed by atoms with Crippen LogP contribution in [0.1, 0.15) is 29.9 Å². The summed E-state index contributed by atoms with van der Waals surface area (Å²) in [5.41, 5.74) is 1.10. The largest absolute Gasteiger partial charge is 0.460 e. The van der Waals surface area contributed by atoms with Crippen molar-refractivity contribution in [3.63, 3.8) is 0 Å². The standard InChI is InChI=1S/C13H18ClNO3/c1-9(2)8-17-4-5-18-13(16)11-6-10(3)15-12(14)7-11/h6-7,9H,4-5,8H2,1-3H3. The van der Waals surface area contributed by atoms with E-state index in [1.54, 1.807) is 13.0 Å². The van der Waals surface area contributed by atoms with Crippen molar-refractivity contribution in [2.75, 3.05) is 19.8 Å². The Morgan fingerprint density at radius 1 is 1.39 bits per heavy atom. The molecule has 0 bridgehead atoms. The fraction of sp³-hybridized carbons (Fsp3) is 0.538. The maximum absolute atomic E-state index is 11.7. The van der Waals surface area contributed by atoms with Crippen LogP contribution in [0.5, 0.6) is 0 Å². The first-order valence-electron chi connectivity index (χ1n) is 5.88. The highest BCUT2D eigenvalue weighted by atomic mass is 35.5. The van der Waals surface area contributed by atoms with Gasteiger partial charge in [0.05, 0.1) is 12.2 Å². The summed E-state index contributed by atoms with van der Waals surface area (Å²) in [6.45, 7) is 7.21. The fourth-order valence-corrected chi connectivity index (χ4v) is 1.59. The van der Waals surface area contributed by atoms with Crippen LogP contribution in [0.4, 0.5) is 0 Å². The van der Waals surface area contributed by atoms with Gasteiger partial charge in [-0.1, -0.05) is 25.4 Å². The lowest BCUT2D eigenvalue weighted by Crippen LogP contribution is -2.13. The van der Waals surface area contributed by atoms with E-state index >= 15 is 0 Å². The Morgan fingerprint density at radius 2 is 2.11 bits per heavy atom. The summed E-state index contributed by atoms with van der Waals surface area (Å²) in [7, 11) is 0. The molecule has 4 nitrogen and oxygen atoms in total. The van der Waals surface area contributed by atoms with Crippen LogP contribution in [0.25, 0.3) is 0 Å². The number of hydrogen-bond donors (Lipinski definition) is 0. The first kappa shape index (κ1) is 14.9. The number of pyridine rings is 1. The molecule has 1 aromatic rings. The van der Waals surface area contributed by atoms with E-state index in [1.807, 2.05) is 0 Å². The van der Waals surface area contributed by atoms with E-state index in [1.165, 1.54) is 6.07 Å². The number of esters is 1. The minimum absolute atomic E-state index is 0.241. The average molecular weight is 272 g/mol. The highest BCUT2D eigenvalue weighted by Crippen LogP contribution is 2.11. The Labute approximate surface area is 112 Å². The molecule has 0 spiro atoms. The molecule has 18 heavy (non-hydrogen) atoms. The van der Waals surface area contributed by atoms with E-state index in [0.717, 1.165) is 0 Å². The third-order valence-electron chi connectivity index (χ3n) is 2.07. The summed E-state index contributed by atoms with van der Waals surface area (Å²) in [6.07, 6.45) is 0. The summed E-state index contributed by atoms with van der Waals surface area (Å²) in [5.74, 6) is 0.0675. The van der Waals surface area contributed by atoms with Crippen LogP contribution in [0.15, 0.2) is 12.1 Å². The van der Waals surface area contributed by atoms with Crippen molar-refractivity contribution in [3.05, 3.63) is 28.5 Å². The SMILES string of the molecule is Cc1cc(C(=O)OCCOCC(C)C)cc(Cl)n1. The number of nitrogens with zero attached hydrogens (tertiary/aromatic N) is 1. The summed E-state index contributed by atoms with van der Waals surface area (Å²) in [4.78, 5) is 15.7. The van der Waals surface area contributed by atoms with Gasteiger partial charge in [0, 0.05) is 12.3 Å². The maximum Gasteiger partial charge on any atom is 0.338 e. The molecule has 5 heteroatoms. The Balaban J connectivity index is 2.36. The number of hydrogen-bond acceptors (Lipinski definition) is 4. The molecule has 0 aliphatic heterocycles. The van der Waals surface area contributed by atoms with E-state index in [2.05, 4.69) is 18.8 Å². The zero-order valence-electron chi connectivity index (χ0n) is 10.9. The van der Waals surface area contributed by atoms with Gasteiger partial charge in [-0.15, -0.1) is 0 Å². The van der Waals surface area contributed by atoms with Gasteiger partial charge in [0.1, 0.15) is 11.8 Å². The predicted molar refractivity (Wildman–Crippen MR) is 69.9 cm³/mol. The topological polar surface area (TPSA) is 48.4 Å². The molecular weight excluding hydrogens is 254 g/mol. The van der Waals surface area contributed by atoms with Crippen molar-refractivity contribution in [1.82, 2.24) is 4.98 Å². The van der Waals surface area contributed by atoms with Gasteiger partial charge in [0.15, 0.2) is 0 Å². The van der Waals surface area contributed by atoms with E-state index in [4.69, 9.17) is 21.1 Å². The smallest absolute Gasteiger partial charge is 0.338 e. The van der Waals surface area contributed by atoms with Crippen LogP contribution >= 0.6 is 11.6 Å². The van der Waals surface area contributed by atoms with E-state index in [9.17, 15) is 4.79 Å². The minimum atomic E-state index is -0.407. The lowest BCUT2D eigenvalue weighted by molar-refractivity contribution is 0.0277. The van der Waals surface area contributed by atoms with Gasteiger partial charge in [-0.05, 0) is 25.0 Å². The number of ether oxygens (including phenoxy) is 2. The van der Waals surface area contributed by atoms with Gasteiger partial charge in [-0.2, -0.15) is 0 Å². The molecule has 0 aliphatic rings. The molecule has 0 amide bonds. The van der Waals surface area contributed by atoms with Gasteiger partial charge in [0.2, 0.25) is 0 Å². The Hall–Kier alpha value is -1.13. The second-order valence-corrected chi connectivity index (χ2v) is 4.81. The first-order chi connectivity index (χ1) is 8.49. The van der Waals surface area contributed by atoms with Crippen molar-refractivity contribution in [3.8, 4) is 0 Å². The highest BCUT2D eigenvalue weighted by Gasteiger charge is 2.09. The number of carbonyl (C=O) groups is 1. The fourth-order valence-electron chi connectivity index (χ4n) is 1.34. The van der Waals surface area contributed by atoms with Gasteiger partial charge >= 0.3 is 5.97 Å². The monoisotopic (exact) mass is 271 g/mol. The quantitative estimate of drug-likeness (QED) is 0.453. The molecular formula is C13H18ClNO3. The van der Waals surface area contributed by atoms with Gasteiger partial charge in [-0.25, -0.2) is 9.78 Å². The van der Waals surface area contributed by atoms with Gasteiger partial charge in [0.25, 0.3) is 0 Å². The van der Waals surface area contributed by atoms with E-state index in [0.29, 0.717) is 30.4 Å². The zero-order valence-corrected chi connectivity index (χ0v) is 11.7. The molecule has 1 heterocycles. The van der Waals surface area contributed by atoms with Gasteiger partial charge < -0.3 is 9.47 Å². The van der Waals surface area contributed by atoms with Crippen molar-refractivity contribution in [2.45, 2.75) is 20.8 Å². The third-order valence-corrected chi connectivity index (χ3v) is 2.26. The van der Waals surface area contributed by atoms with Crippen LogP contribution in [0, 0.1) is 12.8 Å². The predicted octanol–water partition coefficient (Wildman–Crippen LogP) is 2.87. The van der Waals surface area contributed by atoms with Crippen LogP contribution in [0.2, 0.25) is 5.15 Å². The normalized spacial score (nSPS) is 10.7. The second kappa shape index (κ2) is 7.34. The maximum atomic E-state index is 11.7. The molecule has 0 saturated heterocycles. The second-order valence-electron chi connectivity index (χ2n) is 4.42. The van der Waals surface area contributed by atoms with Crippen molar-refractivity contribution < 1.29 is 14.3 Å². The van der Waals surface area contributed by atoms with Gasteiger partial charge in [-0.3, -0.25) is 0 Å². The molecule has 0 N–H and O–H groups in total. The van der Waals surface area contributed by atoms with Crippen LogP contribution in [-0.2, 0) is 9.47 Å². The number of aromatic nitrogens is 1. The molecule has 1 rings (SSSR count). The first-order valence-corrected chi connectivity index (χ1v) is 6.26. The zero-order chi connectivity index (χ0) is 13.5.